The molecule has 3 atom stereocenters. The minimum atomic E-state index is -0.315. The lowest BCUT2D eigenvalue weighted by atomic mass is 10.1. The number of amides is 3. The van der Waals surface area contributed by atoms with Crippen LogP contribution in [0.1, 0.15) is 35.7 Å². The van der Waals surface area contributed by atoms with E-state index in [1.54, 1.807) is 30.2 Å². The monoisotopic (exact) mass is 491 g/mol. The Morgan fingerprint density at radius 3 is 2.75 bits per heavy atom. The lowest BCUT2D eigenvalue weighted by molar-refractivity contribution is -0.146. The van der Waals surface area contributed by atoms with E-state index in [4.69, 9.17) is 4.74 Å². The van der Waals surface area contributed by atoms with Crippen molar-refractivity contribution in [1.82, 2.24) is 25.0 Å². The highest BCUT2D eigenvalue weighted by Gasteiger charge is 2.43. The molecule has 1 aromatic carbocycles. The van der Waals surface area contributed by atoms with Crippen LogP contribution in [-0.2, 0) is 16.0 Å². The average molecular weight is 492 g/mol. The van der Waals surface area contributed by atoms with Crippen LogP contribution in [0.5, 0.6) is 5.88 Å². The van der Waals surface area contributed by atoms with Gasteiger partial charge in [0.15, 0.2) is 0 Å². The van der Waals surface area contributed by atoms with E-state index < -0.39 is 0 Å². The summed E-state index contributed by atoms with van der Waals surface area (Å²) in [6, 6.07) is 13.0. The molecule has 0 spiro atoms. The zero-order valence-electron chi connectivity index (χ0n) is 20.6. The van der Waals surface area contributed by atoms with Gasteiger partial charge in [0, 0.05) is 45.3 Å². The molecule has 4 heterocycles. The van der Waals surface area contributed by atoms with Crippen molar-refractivity contribution in [3.8, 4) is 5.88 Å². The van der Waals surface area contributed by atoms with Crippen LogP contribution in [-0.4, -0.2) is 94.9 Å². The van der Waals surface area contributed by atoms with E-state index in [1.165, 1.54) is 5.56 Å². The fourth-order valence-corrected chi connectivity index (χ4v) is 5.53. The summed E-state index contributed by atoms with van der Waals surface area (Å²) in [6.07, 6.45) is 4.00. The van der Waals surface area contributed by atoms with Crippen LogP contribution < -0.4 is 10.1 Å². The van der Waals surface area contributed by atoms with Crippen LogP contribution in [0.3, 0.4) is 0 Å². The summed E-state index contributed by atoms with van der Waals surface area (Å²) in [4.78, 5) is 49.2. The highest BCUT2D eigenvalue weighted by molar-refractivity contribution is 5.96. The van der Waals surface area contributed by atoms with E-state index in [9.17, 15) is 14.4 Å². The average Bonchev–Trinajstić information content (AvgIpc) is 3.29. The van der Waals surface area contributed by atoms with Gasteiger partial charge in [0.25, 0.3) is 5.91 Å². The van der Waals surface area contributed by atoms with E-state index in [0.29, 0.717) is 38.2 Å². The molecule has 1 aromatic heterocycles. The molecule has 2 fully saturated rings. The van der Waals surface area contributed by atoms with E-state index >= 15 is 0 Å². The molecule has 3 aliphatic heterocycles. The van der Waals surface area contributed by atoms with Crippen LogP contribution in [0.2, 0.25) is 0 Å². The number of carbonyl (C=O) groups is 3. The second-order valence-corrected chi connectivity index (χ2v) is 9.82. The van der Waals surface area contributed by atoms with Gasteiger partial charge in [-0.25, -0.2) is 4.98 Å². The molecule has 0 unspecified atom stereocenters. The summed E-state index contributed by atoms with van der Waals surface area (Å²) in [5.74, 6) is 0.0312. The van der Waals surface area contributed by atoms with Crippen molar-refractivity contribution in [2.24, 2.45) is 0 Å². The molecular formula is C27H33N5O4. The largest absolute Gasteiger partial charge is 0.475 e. The highest BCUT2D eigenvalue weighted by Crippen LogP contribution is 2.26. The van der Waals surface area contributed by atoms with E-state index in [-0.39, 0.29) is 48.3 Å². The van der Waals surface area contributed by atoms with Crippen LogP contribution in [0.15, 0.2) is 48.7 Å². The van der Waals surface area contributed by atoms with Gasteiger partial charge in [-0.1, -0.05) is 30.3 Å². The number of benzene rings is 1. The van der Waals surface area contributed by atoms with Crippen molar-refractivity contribution < 1.29 is 19.1 Å². The Morgan fingerprint density at radius 2 is 1.94 bits per heavy atom. The second-order valence-electron chi connectivity index (χ2n) is 9.82. The lowest BCUT2D eigenvalue weighted by Gasteiger charge is -2.42. The van der Waals surface area contributed by atoms with E-state index in [1.807, 2.05) is 23.1 Å². The number of ether oxygens (including phenoxy) is 1. The van der Waals surface area contributed by atoms with Gasteiger partial charge < -0.3 is 19.9 Å². The van der Waals surface area contributed by atoms with Gasteiger partial charge in [-0.3, -0.25) is 19.3 Å². The van der Waals surface area contributed by atoms with Crippen LogP contribution >= 0.6 is 0 Å². The van der Waals surface area contributed by atoms with Gasteiger partial charge >= 0.3 is 0 Å². The van der Waals surface area contributed by atoms with Gasteiger partial charge in [-0.15, -0.1) is 0 Å². The summed E-state index contributed by atoms with van der Waals surface area (Å²) in [5.41, 5.74) is 1.66. The van der Waals surface area contributed by atoms with Crippen molar-refractivity contribution in [2.75, 3.05) is 39.3 Å². The lowest BCUT2D eigenvalue weighted by Crippen LogP contribution is -2.61. The molecule has 0 saturated carbocycles. The molecule has 9 heteroatoms. The number of likely N-dealkylation sites (tertiary alicyclic amines) is 1. The predicted molar refractivity (Wildman–Crippen MR) is 133 cm³/mol. The zero-order chi connectivity index (χ0) is 25.1. The SMILES string of the molecule is CC(=O)N1CCN2C(=O)[C@@H]3C[C@H](CN3CCCc3ccccc3)NC(=O)c3cccnc3OC[C@@H]2C1. The number of rotatable bonds is 4. The molecule has 190 valence electrons. The zero-order valence-corrected chi connectivity index (χ0v) is 20.6. The molecule has 2 aromatic rings. The number of carbonyl (C=O) groups excluding carboxylic acids is 3. The van der Waals surface area contributed by atoms with Crippen molar-refractivity contribution in [2.45, 2.75) is 44.3 Å². The summed E-state index contributed by atoms with van der Waals surface area (Å²) < 4.78 is 5.99. The Kier molecular flexibility index (Phi) is 7.18. The summed E-state index contributed by atoms with van der Waals surface area (Å²) in [6.45, 7) is 4.47. The molecule has 1 N–H and O–H groups in total. The minimum Gasteiger partial charge on any atom is -0.475 e. The molecular weight excluding hydrogens is 458 g/mol. The molecule has 5 rings (SSSR count). The standard InChI is InChI=1S/C27H33N5O4/c1-19(33)30-13-14-32-22(17-30)18-36-26-23(10-5-11-28-26)25(34)29-21-15-24(27(32)35)31(16-21)12-6-9-20-7-3-2-4-8-20/h2-5,7-8,10-11,21-22,24H,6,9,12-18H2,1H3,(H,29,34)/t21-,22+,24+/m1/s1. The second kappa shape index (κ2) is 10.7. The molecule has 9 nitrogen and oxygen atoms in total. The van der Waals surface area contributed by atoms with E-state index in [0.717, 1.165) is 19.4 Å². The third kappa shape index (κ3) is 5.21. The Bertz CT molecular complexity index is 1110. The molecule has 3 aliphatic rings. The van der Waals surface area contributed by atoms with Crippen molar-refractivity contribution >= 4 is 17.7 Å². The normalized spacial score (nSPS) is 24.6. The third-order valence-corrected chi connectivity index (χ3v) is 7.42. The summed E-state index contributed by atoms with van der Waals surface area (Å²) in [5, 5.41) is 3.11. The summed E-state index contributed by atoms with van der Waals surface area (Å²) >= 11 is 0. The highest BCUT2D eigenvalue weighted by atomic mass is 16.5. The van der Waals surface area contributed by atoms with Crippen LogP contribution in [0.25, 0.3) is 0 Å². The molecule has 36 heavy (non-hydrogen) atoms. The predicted octanol–water partition coefficient (Wildman–Crippen LogP) is 1.34. The maximum atomic E-state index is 13.9. The first kappa shape index (κ1) is 24.2. The van der Waals surface area contributed by atoms with E-state index in [2.05, 4.69) is 27.3 Å². The number of nitrogens with zero attached hydrogens (tertiary/aromatic N) is 4. The van der Waals surface area contributed by atoms with Gasteiger partial charge in [0.2, 0.25) is 17.7 Å². The minimum absolute atomic E-state index is 0.0189. The first-order valence-corrected chi connectivity index (χ1v) is 12.7. The maximum Gasteiger partial charge on any atom is 0.257 e. The number of nitrogens with one attached hydrogen (secondary N) is 1. The Hall–Kier alpha value is -3.46. The Morgan fingerprint density at radius 1 is 1.11 bits per heavy atom. The van der Waals surface area contributed by atoms with Crippen molar-refractivity contribution in [1.29, 1.82) is 0 Å². The smallest absolute Gasteiger partial charge is 0.257 e. The number of hydrogen-bond donors (Lipinski definition) is 1. The Labute approximate surface area is 211 Å². The third-order valence-electron chi connectivity index (χ3n) is 7.42. The molecule has 2 saturated heterocycles. The molecule has 0 radical (unpaired) electrons. The first-order chi connectivity index (χ1) is 17.5. The van der Waals surface area contributed by atoms with Crippen molar-refractivity contribution in [3.63, 3.8) is 0 Å². The van der Waals surface area contributed by atoms with Crippen LogP contribution in [0.4, 0.5) is 0 Å². The number of fused-ring (bicyclic) bond motifs is 4. The Balaban J connectivity index is 1.39. The fourth-order valence-electron chi connectivity index (χ4n) is 5.53. The van der Waals surface area contributed by atoms with Gasteiger partial charge in [0.05, 0.1) is 12.1 Å². The van der Waals surface area contributed by atoms with Gasteiger partial charge in [-0.2, -0.15) is 0 Å². The maximum absolute atomic E-state index is 13.9. The summed E-state index contributed by atoms with van der Waals surface area (Å²) in [7, 11) is 0. The number of piperazine rings is 1. The number of aromatic nitrogens is 1. The van der Waals surface area contributed by atoms with Crippen molar-refractivity contribution in [3.05, 3.63) is 59.8 Å². The van der Waals surface area contributed by atoms with Gasteiger partial charge in [0.1, 0.15) is 12.2 Å². The number of pyridine rings is 1. The molecule has 3 amide bonds. The van der Waals surface area contributed by atoms with Crippen LogP contribution in [0, 0.1) is 0 Å². The first-order valence-electron chi connectivity index (χ1n) is 12.7. The number of aryl methyl sites for hydroxylation is 1. The molecule has 0 aliphatic carbocycles. The molecule has 2 bridgehead atoms. The van der Waals surface area contributed by atoms with Gasteiger partial charge in [-0.05, 0) is 43.5 Å². The fraction of sp³-hybridized carbons (Fsp3) is 0.481. The quantitative estimate of drug-likeness (QED) is 0.694. The number of hydrogen-bond acceptors (Lipinski definition) is 6. The topological polar surface area (TPSA) is 95.1 Å².